The molecule has 1 fully saturated rings. The molecule has 32 heavy (non-hydrogen) atoms. The van der Waals surface area contributed by atoms with Gasteiger partial charge in [0.1, 0.15) is 11.8 Å². The summed E-state index contributed by atoms with van der Waals surface area (Å²) < 4.78 is 50.5. The Bertz CT molecular complexity index is 1100. The number of piperidine rings is 1. The first-order valence-corrected chi connectivity index (χ1v) is 10.1. The van der Waals surface area contributed by atoms with Gasteiger partial charge in [0, 0.05) is 12.1 Å². The van der Waals surface area contributed by atoms with Crippen molar-refractivity contribution in [3.63, 3.8) is 0 Å². The highest BCUT2D eigenvalue weighted by Gasteiger charge is 2.36. The molecule has 1 aliphatic heterocycles. The van der Waals surface area contributed by atoms with Crippen LogP contribution < -0.4 is 10.1 Å². The van der Waals surface area contributed by atoms with Gasteiger partial charge in [0.15, 0.2) is 0 Å². The van der Waals surface area contributed by atoms with Crippen LogP contribution in [0.2, 0.25) is 0 Å². The first kappa shape index (κ1) is 21.7. The average molecular weight is 446 g/mol. The fourth-order valence-electron chi connectivity index (χ4n) is 3.71. The Morgan fingerprint density at radius 1 is 1.19 bits per heavy atom. The molecule has 4 rings (SSSR count). The number of para-hydroxylation sites is 1. The van der Waals surface area contributed by atoms with Crippen molar-refractivity contribution in [2.75, 3.05) is 19.0 Å². The highest BCUT2D eigenvalue weighted by Crippen LogP contribution is 2.36. The summed E-state index contributed by atoms with van der Waals surface area (Å²) >= 11 is 0. The molecule has 0 spiro atoms. The van der Waals surface area contributed by atoms with Crippen LogP contribution in [0.5, 0.6) is 5.75 Å². The minimum Gasteiger partial charge on any atom is -0.497 e. The number of nitrogens with zero attached hydrogens (tertiary/aromatic N) is 3. The van der Waals surface area contributed by atoms with E-state index in [1.54, 1.807) is 31.4 Å². The minimum atomic E-state index is -4.58. The number of alkyl halides is 3. The van der Waals surface area contributed by atoms with E-state index in [2.05, 4.69) is 15.5 Å². The summed E-state index contributed by atoms with van der Waals surface area (Å²) in [4.78, 5) is 18.8. The van der Waals surface area contributed by atoms with Crippen LogP contribution in [0.3, 0.4) is 0 Å². The average Bonchev–Trinajstić information content (AvgIpc) is 3.29. The number of amides is 2. The molecule has 1 saturated heterocycles. The van der Waals surface area contributed by atoms with Crippen LogP contribution >= 0.6 is 0 Å². The molecule has 1 aliphatic rings. The Morgan fingerprint density at radius 3 is 2.78 bits per heavy atom. The molecule has 0 saturated carbocycles. The zero-order valence-corrected chi connectivity index (χ0v) is 17.2. The van der Waals surface area contributed by atoms with E-state index in [4.69, 9.17) is 9.26 Å². The molecule has 1 aromatic heterocycles. The quantitative estimate of drug-likeness (QED) is 0.571. The molecule has 1 unspecified atom stereocenters. The van der Waals surface area contributed by atoms with Gasteiger partial charge in [-0.3, -0.25) is 0 Å². The topological polar surface area (TPSA) is 80.5 Å². The number of hydrogen-bond donors (Lipinski definition) is 1. The third kappa shape index (κ3) is 4.53. The summed E-state index contributed by atoms with van der Waals surface area (Å²) in [5.41, 5.74) is -0.512. The van der Waals surface area contributed by atoms with E-state index in [9.17, 15) is 18.0 Å². The molecule has 7 nitrogen and oxygen atoms in total. The molecule has 168 valence electrons. The Labute approximate surface area is 182 Å². The number of rotatable bonds is 4. The zero-order chi connectivity index (χ0) is 22.7. The van der Waals surface area contributed by atoms with Crippen LogP contribution in [-0.2, 0) is 6.18 Å². The first-order valence-electron chi connectivity index (χ1n) is 10.1. The number of urea groups is 1. The highest BCUT2D eigenvalue weighted by atomic mass is 19.4. The Kier molecular flexibility index (Phi) is 6.02. The number of methoxy groups -OCH3 is 1. The molecule has 2 amide bonds. The van der Waals surface area contributed by atoms with Crippen molar-refractivity contribution in [3.05, 3.63) is 60.0 Å². The number of carbonyl (C=O) groups is 1. The van der Waals surface area contributed by atoms with Crippen molar-refractivity contribution in [2.45, 2.75) is 31.5 Å². The monoisotopic (exact) mass is 446 g/mol. The molecule has 10 heteroatoms. The lowest BCUT2D eigenvalue weighted by Gasteiger charge is -2.33. The lowest BCUT2D eigenvalue weighted by atomic mass is 10.0. The van der Waals surface area contributed by atoms with Gasteiger partial charge in [-0.25, -0.2) is 4.79 Å². The second kappa shape index (κ2) is 8.89. The maximum atomic E-state index is 13.3. The number of anilines is 1. The first-order chi connectivity index (χ1) is 15.4. The molecule has 3 aromatic rings. The van der Waals surface area contributed by atoms with Gasteiger partial charge in [-0.1, -0.05) is 29.4 Å². The summed E-state index contributed by atoms with van der Waals surface area (Å²) in [6.07, 6.45) is -2.47. The number of aromatic nitrogens is 2. The van der Waals surface area contributed by atoms with Gasteiger partial charge in [-0.2, -0.15) is 18.2 Å². The van der Waals surface area contributed by atoms with Crippen LogP contribution in [0.4, 0.5) is 23.7 Å². The lowest BCUT2D eigenvalue weighted by molar-refractivity contribution is -0.136. The molecular formula is C22H21F3N4O3. The summed E-state index contributed by atoms with van der Waals surface area (Å²) in [5, 5.41) is 6.41. The van der Waals surface area contributed by atoms with Crippen molar-refractivity contribution >= 4 is 11.7 Å². The molecule has 1 N–H and O–H groups in total. The van der Waals surface area contributed by atoms with Gasteiger partial charge in [0.05, 0.1) is 18.4 Å². The third-order valence-corrected chi connectivity index (χ3v) is 5.29. The van der Waals surface area contributed by atoms with Crippen LogP contribution in [0, 0.1) is 0 Å². The number of hydrogen-bond acceptors (Lipinski definition) is 5. The van der Waals surface area contributed by atoms with E-state index in [0.29, 0.717) is 30.1 Å². The van der Waals surface area contributed by atoms with E-state index in [1.807, 2.05) is 0 Å². The SMILES string of the molecule is COc1cccc(-c2noc(C3CCCCN3C(=O)Nc3ccccc3C(F)(F)F)n2)c1. The normalized spacial score (nSPS) is 16.6. The maximum Gasteiger partial charge on any atom is 0.418 e. The van der Waals surface area contributed by atoms with Gasteiger partial charge in [0.25, 0.3) is 0 Å². The summed E-state index contributed by atoms with van der Waals surface area (Å²) in [5.74, 6) is 1.21. The minimum absolute atomic E-state index is 0.238. The summed E-state index contributed by atoms with van der Waals surface area (Å²) in [6.45, 7) is 0.363. The second-order valence-corrected chi connectivity index (χ2v) is 7.37. The van der Waals surface area contributed by atoms with E-state index >= 15 is 0 Å². The zero-order valence-electron chi connectivity index (χ0n) is 17.2. The van der Waals surface area contributed by atoms with E-state index in [1.165, 1.54) is 23.1 Å². The second-order valence-electron chi connectivity index (χ2n) is 7.37. The number of ether oxygens (including phenoxy) is 1. The molecule has 0 bridgehead atoms. The van der Waals surface area contributed by atoms with Crippen molar-refractivity contribution < 1.29 is 27.2 Å². The summed E-state index contributed by atoms with van der Waals surface area (Å²) in [6, 6.07) is 10.8. The number of likely N-dealkylation sites (tertiary alicyclic amines) is 1. The predicted molar refractivity (Wildman–Crippen MR) is 110 cm³/mol. The van der Waals surface area contributed by atoms with Crippen molar-refractivity contribution in [1.82, 2.24) is 15.0 Å². The molecule has 1 atom stereocenters. The number of halogens is 3. The van der Waals surface area contributed by atoms with Crippen molar-refractivity contribution in [2.24, 2.45) is 0 Å². The molecule has 0 radical (unpaired) electrons. The van der Waals surface area contributed by atoms with Crippen molar-refractivity contribution in [1.29, 1.82) is 0 Å². The Balaban J connectivity index is 1.56. The third-order valence-electron chi connectivity index (χ3n) is 5.29. The number of benzene rings is 2. The largest absolute Gasteiger partial charge is 0.497 e. The lowest BCUT2D eigenvalue weighted by Crippen LogP contribution is -2.41. The van der Waals surface area contributed by atoms with Gasteiger partial charge < -0.3 is 19.5 Å². The van der Waals surface area contributed by atoms with E-state index in [0.717, 1.165) is 18.9 Å². The van der Waals surface area contributed by atoms with Gasteiger partial charge in [-0.05, 0) is 43.5 Å². The maximum absolute atomic E-state index is 13.3. The van der Waals surface area contributed by atoms with Crippen LogP contribution in [0.1, 0.15) is 36.8 Å². The van der Waals surface area contributed by atoms with Gasteiger partial charge in [0.2, 0.25) is 11.7 Å². The standard InChI is InChI=1S/C22H21F3N4O3/c1-31-15-8-6-7-14(13-15)19-27-20(32-28-19)18-11-4-5-12-29(18)21(30)26-17-10-3-2-9-16(17)22(23,24)25/h2-3,6-10,13,18H,4-5,11-12H2,1H3,(H,26,30). The van der Waals surface area contributed by atoms with Crippen LogP contribution in [-0.4, -0.2) is 34.7 Å². The Hall–Kier alpha value is -3.56. The smallest absolute Gasteiger partial charge is 0.418 e. The van der Waals surface area contributed by atoms with Crippen LogP contribution in [0.25, 0.3) is 11.4 Å². The summed E-state index contributed by atoms with van der Waals surface area (Å²) in [7, 11) is 1.55. The molecule has 2 heterocycles. The predicted octanol–water partition coefficient (Wildman–Crippen LogP) is 5.52. The number of nitrogens with one attached hydrogen (secondary N) is 1. The van der Waals surface area contributed by atoms with Crippen molar-refractivity contribution in [3.8, 4) is 17.1 Å². The Morgan fingerprint density at radius 2 is 2.00 bits per heavy atom. The molecular weight excluding hydrogens is 425 g/mol. The molecule has 0 aliphatic carbocycles. The van der Waals surface area contributed by atoms with Crippen LogP contribution in [0.15, 0.2) is 53.1 Å². The fraction of sp³-hybridized carbons (Fsp3) is 0.318. The molecule has 2 aromatic carbocycles. The highest BCUT2D eigenvalue weighted by molar-refractivity contribution is 5.90. The fourth-order valence-corrected chi connectivity index (χ4v) is 3.71. The van der Waals surface area contributed by atoms with Gasteiger partial charge >= 0.3 is 12.2 Å². The van der Waals surface area contributed by atoms with E-state index < -0.39 is 23.8 Å². The van der Waals surface area contributed by atoms with Gasteiger partial charge in [-0.15, -0.1) is 0 Å². The van der Waals surface area contributed by atoms with E-state index in [-0.39, 0.29) is 11.6 Å². The number of carbonyl (C=O) groups excluding carboxylic acids is 1.